The Hall–Kier alpha value is -3.87. The number of aromatic nitrogens is 1. The fourth-order valence-corrected chi connectivity index (χ4v) is 2.76. The molecule has 0 bridgehead atoms. The van der Waals surface area contributed by atoms with Gasteiger partial charge >= 0.3 is 11.6 Å². The summed E-state index contributed by atoms with van der Waals surface area (Å²) < 4.78 is 20.9. The number of fused-ring (bicyclic) bond motifs is 1. The molecule has 2 aromatic carbocycles. The van der Waals surface area contributed by atoms with Crippen molar-refractivity contribution >= 4 is 16.9 Å². The third-order valence-corrected chi connectivity index (χ3v) is 4.13. The smallest absolute Gasteiger partial charge is 0.351 e. The normalized spacial score (nSPS) is 10.8. The van der Waals surface area contributed by atoms with Crippen molar-refractivity contribution < 1.29 is 23.2 Å². The Morgan fingerprint density at radius 1 is 1.07 bits per heavy atom. The number of ether oxygens (including phenoxy) is 2. The van der Waals surface area contributed by atoms with Crippen LogP contribution in [-0.4, -0.2) is 18.2 Å². The molecule has 140 valence electrons. The van der Waals surface area contributed by atoms with Gasteiger partial charge in [-0.2, -0.15) is 0 Å². The first-order valence-corrected chi connectivity index (χ1v) is 8.44. The van der Waals surface area contributed by atoms with Crippen LogP contribution in [0.5, 0.6) is 5.75 Å². The number of benzene rings is 2. The van der Waals surface area contributed by atoms with E-state index in [-0.39, 0.29) is 17.8 Å². The molecule has 28 heavy (non-hydrogen) atoms. The quantitative estimate of drug-likeness (QED) is 0.386. The fraction of sp³-hybridized carbons (Fsp3) is 0.0952. The van der Waals surface area contributed by atoms with E-state index < -0.39 is 11.6 Å². The number of methoxy groups -OCH3 is 1. The highest BCUT2D eigenvalue weighted by molar-refractivity contribution is 5.94. The largest absolute Gasteiger partial charge is 0.493 e. The molecule has 0 spiro atoms. The zero-order valence-electron chi connectivity index (χ0n) is 14.9. The van der Waals surface area contributed by atoms with Gasteiger partial charge in [-0.3, -0.25) is 0 Å². The summed E-state index contributed by atoms with van der Waals surface area (Å²) in [7, 11) is 1.47. The highest BCUT2D eigenvalue weighted by atomic mass is 16.5. The van der Waals surface area contributed by atoms with Crippen LogP contribution in [0.3, 0.4) is 0 Å². The van der Waals surface area contributed by atoms with Crippen molar-refractivity contribution in [3.05, 3.63) is 82.3 Å². The zero-order chi connectivity index (χ0) is 19.5. The van der Waals surface area contributed by atoms with Crippen molar-refractivity contribution in [2.75, 3.05) is 7.11 Å². The summed E-state index contributed by atoms with van der Waals surface area (Å²) in [6, 6.07) is 17.6. The first kappa shape index (κ1) is 17.5. The van der Waals surface area contributed by atoms with Crippen LogP contribution in [0.2, 0.25) is 0 Å². The second kappa shape index (κ2) is 7.40. The minimum Gasteiger partial charge on any atom is -0.493 e. The van der Waals surface area contributed by atoms with Gasteiger partial charge in [0.2, 0.25) is 0 Å². The molecular weight excluding hydrogens is 362 g/mol. The minimum atomic E-state index is -0.803. The summed E-state index contributed by atoms with van der Waals surface area (Å²) in [5, 5.41) is 4.44. The van der Waals surface area contributed by atoms with E-state index in [4.69, 9.17) is 18.4 Å². The Labute approximate surface area is 159 Å². The van der Waals surface area contributed by atoms with Gasteiger partial charge < -0.3 is 18.4 Å². The molecule has 0 saturated carbocycles. The number of carbonyl (C=O) groups excluding carboxylic acids is 1. The van der Waals surface area contributed by atoms with E-state index in [1.807, 2.05) is 30.3 Å². The number of esters is 1. The molecule has 0 N–H and O–H groups in total. The summed E-state index contributed by atoms with van der Waals surface area (Å²) >= 11 is 0. The molecule has 0 atom stereocenters. The first-order valence-electron chi connectivity index (χ1n) is 8.44. The third-order valence-electron chi connectivity index (χ3n) is 4.13. The van der Waals surface area contributed by atoms with Crippen LogP contribution in [0.25, 0.3) is 22.3 Å². The standard InChI is InChI=1S/C21H15NO6/c1-25-17-9-5-8-14-10-16(21(24)27-19(14)17)20(23)26-12-15-11-18(28-22-15)13-6-3-2-4-7-13/h2-11H,12H2,1H3. The molecule has 4 rings (SSSR count). The molecule has 0 amide bonds. The molecule has 7 heteroatoms. The van der Waals surface area contributed by atoms with E-state index in [0.717, 1.165) is 5.56 Å². The molecule has 4 aromatic rings. The minimum absolute atomic E-state index is 0.134. The maximum absolute atomic E-state index is 12.3. The molecule has 0 fully saturated rings. The molecule has 0 saturated heterocycles. The summed E-state index contributed by atoms with van der Waals surface area (Å²) in [4.78, 5) is 24.5. The van der Waals surface area contributed by atoms with E-state index >= 15 is 0 Å². The van der Waals surface area contributed by atoms with Gasteiger partial charge in [-0.25, -0.2) is 9.59 Å². The van der Waals surface area contributed by atoms with E-state index in [2.05, 4.69) is 5.16 Å². The maximum atomic E-state index is 12.3. The number of para-hydroxylation sites is 1. The Morgan fingerprint density at radius 3 is 2.68 bits per heavy atom. The van der Waals surface area contributed by atoms with Crippen LogP contribution in [0.4, 0.5) is 0 Å². The second-order valence-corrected chi connectivity index (χ2v) is 5.95. The van der Waals surface area contributed by atoms with Crippen LogP contribution >= 0.6 is 0 Å². The maximum Gasteiger partial charge on any atom is 0.351 e. The lowest BCUT2D eigenvalue weighted by molar-refractivity contribution is 0.0459. The van der Waals surface area contributed by atoms with Gasteiger partial charge in [-0.15, -0.1) is 0 Å². The molecule has 0 aliphatic carbocycles. The van der Waals surface area contributed by atoms with Gasteiger partial charge in [-0.05, 0) is 12.1 Å². The topological polar surface area (TPSA) is 91.8 Å². The molecular formula is C21H15NO6. The average Bonchev–Trinajstić information content (AvgIpc) is 3.21. The van der Waals surface area contributed by atoms with E-state index in [0.29, 0.717) is 22.6 Å². The van der Waals surface area contributed by atoms with Gasteiger partial charge in [0, 0.05) is 17.0 Å². The Balaban J connectivity index is 1.52. The van der Waals surface area contributed by atoms with Gasteiger partial charge in [0.05, 0.1) is 7.11 Å². The van der Waals surface area contributed by atoms with Crippen molar-refractivity contribution in [1.82, 2.24) is 5.16 Å². The Morgan fingerprint density at radius 2 is 1.89 bits per heavy atom. The zero-order valence-corrected chi connectivity index (χ0v) is 14.9. The van der Waals surface area contributed by atoms with Crippen LogP contribution < -0.4 is 10.4 Å². The number of hydrogen-bond donors (Lipinski definition) is 0. The molecule has 2 heterocycles. The average molecular weight is 377 g/mol. The predicted octanol–water partition coefficient (Wildman–Crippen LogP) is 3.81. The van der Waals surface area contributed by atoms with Crippen molar-refractivity contribution in [1.29, 1.82) is 0 Å². The molecule has 0 radical (unpaired) electrons. The lowest BCUT2D eigenvalue weighted by Crippen LogP contribution is -2.16. The number of rotatable bonds is 5. The third kappa shape index (κ3) is 3.37. The molecule has 2 aromatic heterocycles. The van der Waals surface area contributed by atoms with Crippen LogP contribution in [0.15, 0.2) is 74.4 Å². The molecule has 0 unspecified atom stereocenters. The summed E-state index contributed by atoms with van der Waals surface area (Å²) in [5.41, 5.74) is 0.561. The highest BCUT2D eigenvalue weighted by Gasteiger charge is 2.18. The van der Waals surface area contributed by atoms with Crippen LogP contribution in [0.1, 0.15) is 16.1 Å². The van der Waals surface area contributed by atoms with Crippen LogP contribution in [0, 0.1) is 0 Å². The number of carbonyl (C=O) groups is 1. The SMILES string of the molecule is COc1cccc2cc(C(=O)OCc3cc(-c4ccccc4)on3)c(=O)oc12. The molecule has 0 aliphatic rings. The number of nitrogens with zero attached hydrogens (tertiary/aromatic N) is 1. The molecule has 0 aliphatic heterocycles. The van der Waals surface area contributed by atoms with E-state index in [9.17, 15) is 9.59 Å². The summed E-state index contributed by atoms with van der Waals surface area (Å²) in [5.74, 6) is 0.164. The van der Waals surface area contributed by atoms with E-state index in [1.54, 1.807) is 24.3 Å². The predicted molar refractivity (Wildman–Crippen MR) is 100 cm³/mol. The lowest BCUT2D eigenvalue weighted by Gasteiger charge is -2.05. The monoisotopic (exact) mass is 377 g/mol. The van der Waals surface area contributed by atoms with Gasteiger partial charge in [0.15, 0.2) is 17.1 Å². The first-order chi connectivity index (χ1) is 13.7. The van der Waals surface area contributed by atoms with E-state index in [1.165, 1.54) is 13.2 Å². The van der Waals surface area contributed by atoms with Gasteiger partial charge in [0.1, 0.15) is 17.9 Å². The summed E-state index contributed by atoms with van der Waals surface area (Å²) in [6.45, 7) is -0.134. The summed E-state index contributed by atoms with van der Waals surface area (Å²) in [6.07, 6.45) is 0. The fourth-order valence-electron chi connectivity index (χ4n) is 2.76. The Kier molecular flexibility index (Phi) is 4.63. The molecule has 7 nitrogen and oxygen atoms in total. The van der Waals surface area contributed by atoms with Gasteiger partial charge in [0.25, 0.3) is 0 Å². The van der Waals surface area contributed by atoms with Crippen molar-refractivity contribution in [3.63, 3.8) is 0 Å². The van der Waals surface area contributed by atoms with Crippen molar-refractivity contribution in [3.8, 4) is 17.1 Å². The van der Waals surface area contributed by atoms with Crippen molar-refractivity contribution in [2.45, 2.75) is 6.61 Å². The second-order valence-electron chi connectivity index (χ2n) is 5.95. The van der Waals surface area contributed by atoms with Crippen molar-refractivity contribution in [2.24, 2.45) is 0 Å². The highest BCUT2D eigenvalue weighted by Crippen LogP contribution is 2.25. The van der Waals surface area contributed by atoms with Crippen LogP contribution in [-0.2, 0) is 11.3 Å². The van der Waals surface area contributed by atoms with Gasteiger partial charge in [-0.1, -0.05) is 47.6 Å². The lowest BCUT2D eigenvalue weighted by atomic mass is 10.1. The number of hydrogen-bond acceptors (Lipinski definition) is 7. The Bertz CT molecular complexity index is 1190.